The van der Waals surface area contributed by atoms with Crippen molar-refractivity contribution in [1.82, 2.24) is 14.9 Å². The van der Waals surface area contributed by atoms with E-state index in [1.54, 1.807) is 10.9 Å². The quantitative estimate of drug-likeness (QED) is 0.850. The van der Waals surface area contributed by atoms with Gasteiger partial charge in [0.05, 0.1) is 23.3 Å². The molecule has 1 aliphatic heterocycles. The Bertz CT molecular complexity index is 639. The molecule has 3 rings (SSSR count). The molecule has 0 bridgehead atoms. The van der Waals surface area contributed by atoms with E-state index in [9.17, 15) is 4.79 Å². The Morgan fingerprint density at radius 3 is 3.16 bits per heavy atom. The highest BCUT2D eigenvalue weighted by molar-refractivity contribution is 5.77. The van der Waals surface area contributed by atoms with Crippen LogP contribution in [0.15, 0.2) is 29.3 Å². The molecule has 2 aromatic rings. The van der Waals surface area contributed by atoms with Crippen molar-refractivity contribution in [2.75, 3.05) is 13.1 Å². The maximum absolute atomic E-state index is 12.6. The van der Waals surface area contributed by atoms with E-state index in [1.165, 1.54) is 6.42 Å². The summed E-state index contributed by atoms with van der Waals surface area (Å²) < 4.78 is 1.81. The van der Waals surface area contributed by atoms with E-state index in [0.29, 0.717) is 0 Å². The number of nitrogens with zero attached hydrogens (tertiary/aromatic N) is 2. The van der Waals surface area contributed by atoms with E-state index in [-0.39, 0.29) is 11.6 Å². The van der Waals surface area contributed by atoms with Gasteiger partial charge in [0.1, 0.15) is 0 Å². The van der Waals surface area contributed by atoms with E-state index in [2.05, 4.69) is 10.3 Å². The summed E-state index contributed by atoms with van der Waals surface area (Å²) in [7, 11) is 0. The third kappa shape index (κ3) is 2.40. The first-order valence-electron chi connectivity index (χ1n) is 6.94. The molecule has 0 radical (unpaired) electrons. The number of aryl methyl sites for hydroxylation is 1. The predicted octanol–water partition coefficient (Wildman–Crippen LogP) is 2.02. The average molecular weight is 257 g/mol. The van der Waals surface area contributed by atoms with E-state index in [0.717, 1.165) is 42.4 Å². The van der Waals surface area contributed by atoms with Gasteiger partial charge in [-0.25, -0.2) is 4.98 Å². The Morgan fingerprint density at radius 2 is 2.26 bits per heavy atom. The maximum atomic E-state index is 12.6. The summed E-state index contributed by atoms with van der Waals surface area (Å²) in [5, 5.41) is 4.12. The third-order valence-corrected chi connectivity index (χ3v) is 3.85. The van der Waals surface area contributed by atoms with Crippen LogP contribution in [0.25, 0.3) is 10.9 Å². The van der Waals surface area contributed by atoms with Gasteiger partial charge in [-0.15, -0.1) is 0 Å². The zero-order chi connectivity index (χ0) is 13.2. The second-order valence-electron chi connectivity index (χ2n) is 5.33. The smallest absolute Gasteiger partial charge is 0.261 e. The van der Waals surface area contributed by atoms with Crippen molar-refractivity contribution in [2.24, 2.45) is 0 Å². The topological polar surface area (TPSA) is 46.9 Å². The number of aromatic nitrogens is 2. The number of fused-ring (bicyclic) bond motifs is 1. The summed E-state index contributed by atoms with van der Waals surface area (Å²) >= 11 is 0. The molecule has 100 valence electrons. The van der Waals surface area contributed by atoms with Crippen LogP contribution in [-0.2, 0) is 0 Å². The molecule has 1 fully saturated rings. The van der Waals surface area contributed by atoms with Gasteiger partial charge < -0.3 is 5.32 Å². The van der Waals surface area contributed by atoms with Crippen LogP contribution >= 0.6 is 0 Å². The highest BCUT2D eigenvalue weighted by atomic mass is 16.1. The molecule has 0 amide bonds. The van der Waals surface area contributed by atoms with Crippen LogP contribution in [0, 0.1) is 6.92 Å². The third-order valence-electron chi connectivity index (χ3n) is 3.85. The van der Waals surface area contributed by atoms with Gasteiger partial charge in [-0.05, 0) is 38.4 Å². The Kier molecular flexibility index (Phi) is 3.34. The molecule has 1 aliphatic rings. The average Bonchev–Trinajstić information content (AvgIpc) is 2.69. The molecule has 0 saturated carbocycles. The lowest BCUT2D eigenvalue weighted by Gasteiger charge is -2.17. The molecule has 2 heterocycles. The van der Waals surface area contributed by atoms with E-state index >= 15 is 0 Å². The van der Waals surface area contributed by atoms with E-state index in [4.69, 9.17) is 0 Å². The Labute approximate surface area is 112 Å². The van der Waals surface area contributed by atoms with Gasteiger partial charge in [-0.1, -0.05) is 18.1 Å². The normalized spacial score (nSPS) is 20.4. The number of rotatable bonds is 1. The van der Waals surface area contributed by atoms with Gasteiger partial charge >= 0.3 is 0 Å². The SMILES string of the molecule is Cc1ccc2ncn(C3CCCCNC3)c(=O)c2c1. The van der Waals surface area contributed by atoms with E-state index < -0.39 is 0 Å². The molecule has 1 aromatic carbocycles. The highest BCUT2D eigenvalue weighted by Gasteiger charge is 2.16. The molecule has 0 spiro atoms. The second kappa shape index (κ2) is 5.13. The zero-order valence-corrected chi connectivity index (χ0v) is 11.2. The van der Waals surface area contributed by atoms with Gasteiger partial charge in [0.25, 0.3) is 5.56 Å². The molecule has 1 aromatic heterocycles. The standard InChI is InChI=1S/C15H19N3O/c1-11-5-6-14-13(8-11)15(19)18(10-17-14)12-4-2-3-7-16-9-12/h5-6,8,10,12,16H,2-4,7,9H2,1H3. The van der Waals surface area contributed by atoms with Crippen LogP contribution in [0.5, 0.6) is 0 Å². The summed E-state index contributed by atoms with van der Waals surface area (Å²) in [4.78, 5) is 17.0. The summed E-state index contributed by atoms with van der Waals surface area (Å²) in [5.74, 6) is 0. The van der Waals surface area contributed by atoms with Gasteiger partial charge in [0.2, 0.25) is 0 Å². The number of benzene rings is 1. The fourth-order valence-electron chi connectivity index (χ4n) is 2.75. The molecule has 4 nitrogen and oxygen atoms in total. The monoisotopic (exact) mass is 257 g/mol. The van der Waals surface area contributed by atoms with Gasteiger partial charge in [0, 0.05) is 6.54 Å². The highest BCUT2D eigenvalue weighted by Crippen LogP contribution is 2.16. The molecule has 1 N–H and O–H groups in total. The Hall–Kier alpha value is -1.68. The molecule has 0 aliphatic carbocycles. The summed E-state index contributed by atoms with van der Waals surface area (Å²) in [6.45, 7) is 3.91. The molecule has 1 saturated heterocycles. The van der Waals surface area contributed by atoms with Crippen LogP contribution in [0.2, 0.25) is 0 Å². The first kappa shape index (κ1) is 12.4. The van der Waals surface area contributed by atoms with Crippen molar-refractivity contribution in [3.63, 3.8) is 0 Å². The van der Waals surface area contributed by atoms with Crippen molar-refractivity contribution in [3.8, 4) is 0 Å². The molecular formula is C15H19N3O. The van der Waals surface area contributed by atoms with Gasteiger partial charge in [-0.2, -0.15) is 0 Å². The molecule has 1 unspecified atom stereocenters. The summed E-state index contributed by atoms with van der Waals surface area (Å²) in [6, 6.07) is 6.08. The fraction of sp³-hybridized carbons (Fsp3) is 0.467. The number of hydrogen-bond donors (Lipinski definition) is 1. The van der Waals surface area contributed by atoms with Crippen LogP contribution in [-0.4, -0.2) is 22.6 Å². The zero-order valence-electron chi connectivity index (χ0n) is 11.2. The Morgan fingerprint density at radius 1 is 1.37 bits per heavy atom. The molecule has 1 atom stereocenters. The molecule has 4 heteroatoms. The van der Waals surface area contributed by atoms with Gasteiger partial charge in [0.15, 0.2) is 0 Å². The first-order valence-corrected chi connectivity index (χ1v) is 6.94. The van der Waals surface area contributed by atoms with Crippen molar-refractivity contribution in [1.29, 1.82) is 0 Å². The van der Waals surface area contributed by atoms with Crippen LogP contribution in [0.3, 0.4) is 0 Å². The summed E-state index contributed by atoms with van der Waals surface area (Å²) in [5.41, 5.74) is 1.97. The fourth-order valence-corrected chi connectivity index (χ4v) is 2.75. The van der Waals surface area contributed by atoms with Crippen LogP contribution in [0.1, 0.15) is 30.9 Å². The number of hydrogen-bond acceptors (Lipinski definition) is 3. The largest absolute Gasteiger partial charge is 0.315 e. The van der Waals surface area contributed by atoms with Crippen molar-refractivity contribution >= 4 is 10.9 Å². The van der Waals surface area contributed by atoms with E-state index in [1.807, 2.05) is 25.1 Å². The summed E-state index contributed by atoms with van der Waals surface area (Å²) in [6.07, 6.45) is 5.10. The molecular weight excluding hydrogens is 238 g/mol. The lowest BCUT2D eigenvalue weighted by atomic mass is 10.1. The minimum atomic E-state index is 0.0856. The van der Waals surface area contributed by atoms with Gasteiger partial charge in [-0.3, -0.25) is 9.36 Å². The predicted molar refractivity (Wildman–Crippen MR) is 76.5 cm³/mol. The first-order chi connectivity index (χ1) is 9.25. The minimum Gasteiger partial charge on any atom is -0.315 e. The van der Waals surface area contributed by atoms with Crippen molar-refractivity contribution in [2.45, 2.75) is 32.2 Å². The van der Waals surface area contributed by atoms with Crippen molar-refractivity contribution in [3.05, 3.63) is 40.4 Å². The number of nitrogens with one attached hydrogen (secondary N) is 1. The van der Waals surface area contributed by atoms with Crippen LogP contribution < -0.4 is 10.9 Å². The minimum absolute atomic E-state index is 0.0856. The maximum Gasteiger partial charge on any atom is 0.261 e. The van der Waals surface area contributed by atoms with Crippen molar-refractivity contribution < 1.29 is 0 Å². The second-order valence-corrected chi connectivity index (χ2v) is 5.33. The molecule has 19 heavy (non-hydrogen) atoms. The lowest BCUT2D eigenvalue weighted by Crippen LogP contribution is -2.31. The lowest BCUT2D eigenvalue weighted by molar-refractivity contribution is 0.447. The Balaban J connectivity index is 2.08. The van der Waals surface area contributed by atoms with Crippen LogP contribution in [0.4, 0.5) is 0 Å².